The minimum absolute atomic E-state index is 0.157. The van der Waals surface area contributed by atoms with E-state index in [9.17, 15) is 9.18 Å². The Bertz CT molecular complexity index is 845. The number of halogens is 1. The van der Waals surface area contributed by atoms with Crippen LogP contribution in [0.5, 0.6) is 5.75 Å². The molecule has 0 radical (unpaired) electrons. The first-order chi connectivity index (χ1) is 13.6. The number of aromatic nitrogens is 1. The lowest BCUT2D eigenvalue weighted by Crippen LogP contribution is -2.49. The second-order valence-electron chi connectivity index (χ2n) is 7.85. The molecule has 1 atom stereocenters. The van der Waals surface area contributed by atoms with Crippen LogP contribution in [-0.4, -0.2) is 47.4 Å². The number of nitrogens with zero attached hydrogens (tertiary/aromatic N) is 3. The van der Waals surface area contributed by atoms with E-state index in [1.54, 1.807) is 25.4 Å². The van der Waals surface area contributed by atoms with E-state index in [0.29, 0.717) is 24.4 Å². The molecule has 1 amide bonds. The van der Waals surface area contributed by atoms with Gasteiger partial charge in [-0.3, -0.25) is 14.7 Å². The molecule has 2 saturated heterocycles. The fourth-order valence-electron chi connectivity index (χ4n) is 4.50. The van der Waals surface area contributed by atoms with Crippen LogP contribution in [0, 0.1) is 11.2 Å². The molecule has 2 fully saturated rings. The van der Waals surface area contributed by atoms with Gasteiger partial charge in [0, 0.05) is 37.9 Å². The van der Waals surface area contributed by atoms with Gasteiger partial charge in [-0.05, 0) is 56.1 Å². The zero-order valence-electron chi connectivity index (χ0n) is 16.2. The molecular formula is C22H26FN3O2. The first-order valence-corrected chi connectivity index (χ1v) is 9.84. The van der Waals surface area contributed by atoms with Gasteiger partial charge in [0.15, 0.2) is 0 Å². The van der Waals surface area contributed by atoms with Crippen LogP contribution in [0.4, 0.5) is 4.39 Å². The average molecular weight is 383 g/mol. The molecule has 1 spiro atoms. The van der Waals surface area contributed by atoms with Crippen molar-refractivity contribution in [2.75, 3.05) is 26.7 Å². The Morgan fingerprint density at radius 3 is 2.86 bits per heavy atom. The molecular weight excluding hydrogens is 357 g/mol. The molecule has 5 nitrogen and oxygen atoms in total. The molecule has 0 bridgehead atoms. The zero-order chi connectivity index (χ0) is 19.6. The fraction of sp³-hybridized carbons (Fsp3) is 0.455. The second kappa shape index (κ2) is 7.87. The van der Waals surface area contributed by atoms with Crippen molar-refractivity contribution in [2.24, 2.45) is 5.41 Å². The van der Waals surface area contributed by atoms with Crippen molar-refractivity contribution >= 4 is 5.91 Å². The summed E-state index contributed by atoms with van der Waals surface area (Å²) >= 11 is 0. The molecule has 2 aromatic rings. The zero-order valence-corrected chi connectivity index (χ0v) is 16.2. The van der Waals surface area contributed by atoms with E-state index in [-0.39, 0.29) is 17.1 Å². The molecule has 1 aromatic carbocycles. The number of ether oxygens (including phenoxy) is 1. The number of hydrogen-bond donors (Lipinski definition) is 0. The number of methoxy groups -OCH3 is 1. The molecule has 0 aliphatic carbocycles. The molecule has 28 heavy (non-hydrogen) atoms. The van der Waals surface area contributed by atoms with Crippen LogP contribution >= 0.6 is 0 Å². The lowest BCUT2D eigenvalue weighted by atomic mass is 9.78. The van der Waals surface area contributed by atoms with E-state index < -0.39 is 0 Å². The van der Waals surface area contributed by atoms with Crippen LogP contribution in [0.2, 0.25) is 0 Å². The predicted molar refractivity (Wildman–Crippen MR) is 104 cm³/mol. The van der Waals surface area contributed by atoms with Crippen LogP contribution in [0.1, 0.15) is 30.5 Å². The number of pyridine rings is 1. The highest BCUT2D eigenvalue weighted by molar-refractivity contribution is 5.84. The predicted octanol–water partition coefficient (Wildman–Crippen LogP) is 3.24. The van der Waals surface area contributed by atoms with Crippen LogP contribution in [0.3, 0.4) is 0 Å². The SMILES string of the molecule is COc1ccc(F)c(CN2CCCC3(CCN(Cc4ccccn4)C3)C2=O)c1. The first-order valence-electron chi connectivity index (χ1n) is 9.84. The summed E-state index contributed by atoms with van der Waals surface area (Å²) in [6.07, 6.45) is 4.52. The largest absolute Gasteiger partial charge is 0.497 e. The number of likely N-dealkylation sites (tertiary alicyclic amines) is 2. The van der Waals surface area contributed by atoms with Gasteiger partial charge in [0.25, 0.3) is 0 Å². The quantitative estimate of drug-likeness (QED) is 0.795. The molecule has 3 heterocycles. The van der Waals surface area contributed by atoms with Gasteiger partial charge in [-0.2, -0.15) is 0 Å². The Hall–Kier alpha value is -2.47. The lowest BCUT2D eigenvalue weighted by Gasteiger charge is -2.39. The monoisotopic (exact) mass is 383 g/mol. The van der Waals surface area contributed by atoms with Crippen molar-refractivity contribution in [1.82, 2.24) is 14.8 Å². The third kappa shape index (κ3) is 3.74. The van der Waals surface area contributed by atoms with Gasteiger partial charge in [-0.1, -0.05) is 6.07 Å². The van der Waals surface area contributed by atoms with E-state index >= 15 is 0 Å². The summed E-state index contributed by atoms with van der Waals surface area (Å²) in [5.41, 5.74) is 1.19. The van der Waals surface area contributed by atoms with E-state index in [4.69, 9.17) is 4.74 Å². The maximum atomic E-state index is 14.3. The summed E-state index contributed by atoms with van der Waals surface area (Å²) in [4.78, 5) is 21.9. The summed E-state index contributed by atoms with van der Waals surface area (Å²) < 4.78 is 19.5. The number of rotatable bonds is 5. The van der Waals surface area contributed by atoms with Crippen molar-refractivity contribution < 1.29 is 13.9 Å². The minimum atomic E-state index is -0.345. The van der Waals surface area contributed by atoms with Gasteiger partial charge in [0.1, 0.15) is 11.6 Å². The number of amides is 1. The van der Waals surface area contributed by atoms with Gasteiger partial charge in [-0.25, -0.2) is 4.39 Å². The summed E-state index contributed by atoms with van der Waals surface area (Å²) in [7, 11) is 1.56. The van der Waals surface area contributed by atoms with Crippen molar-refractivity contribution in [3.63, 3.8) is 0 Å². The Balaban J connectivity index is 1.46. The van der Waals surface area contributed by atoms with Gasteiger partial charge < -0.3 is 9.64 Å². The van der Waals surface area contributed by atoms with Gasteiger partial charge in [-0.15, -0.1) is 0 Å². The van der Waals surface area contributed by atoms with E-state index in [2.05, 4.69) is 9.88 Å². The second-order valence-corrected chi connectivity index (χ2v) is 7.85. The molecule has 148 valence electrons. The third-order valence-electron chi connectivity index (χ3n) is 5.98. The van der Waals surface area contributed by atoms with Crippen molar-refractivity contribution in [3.05, 3.63) is 59.7 Å². The number of benzene rings is 1. The van der Waals surface area contributed by atoms with Crippen LogP contribution in [0.25, 0.3) is 0 Å². The van der Waals surface area contributed by atoms with E-state index in [1.165, 1.54) is 6.07 Å². The molecule has 0 saturated carbocycles. The van der Waals surface area contributed by atoms with Gasteiger partial charge in [0.2, 0.25) is 5.91 Å². The topological polar surface area (TPSA) is 45.7 Å². The molecule has 2 aliphatic heterocycles. The molecule has 0 N–H and O–H groups in total. The molecule has 1 aromatic heterocycles. The molecule has 6 heteroatoms. The highest BCUT2D eigenvalue weighted by atomic mass is 19.1. The van der Waals surface area contributed by atoms with Gasteiger partial charge in [0.05, 0.1) is 18.2 Å². The maximum absolute atomic E-state index is 14.3. The molecule has 4 rings (SSSR count). The van der Waals surface area contributed by atoms with Crippen molar-refractivity contribution in [2.45, 2.75) is 32.4 Å². The standard InChI is InChI=1S/C22H26FN3O2/c1-28-19-6-7-20(23)17(13-19)14-26-11-4-8-22(21(26)27)9-12-25(16-22)15-18-5-2-3-10-24-18/h2-3,5-7,10,13H,4,8-9,11-12,14-16H2,1H3. The third-order valence-corrected chi connectivity index (χ3v) is 5.98. The van der Waals surface area contributed by atoms with E-state index in [0.717, 1.165) is 44.6 Å². The Kier molecular flexibility index (Phi) is 5.31. The smallest absolute Gasteiger partial charge is 0.230 e. The average Bonchev–Trinajstić information content (AvgIpc) is 3.11. The van der Waals surface area contributed by atoms with Crippen molar-refractivity contribution in [1.29, 1.82) is 0 Å². The normalized spacial score (nSPS) is 22.8. The summed E-state index contributed by atoms with van der Waals surface area (Å²) in [5.74, 6) is 0.471. The summed E-state index contributed by atoms with van der Waals surface area (Å²) in [5, 5.41) is 0. The summed E-state index contributed by atoms with van der Waals surface area (Å²) in [6.45, 7) is 3.38. The number of piperidine rings is 1. The van der Waals surface area contributed by atoms with Crippen LogP contribution in [0.15, 0.2) is 42.6 Å². The van der Waals surface area contributed by atoms with E-state index in [1.807, 2.05) is 23.1 Å². The van der Waals surface area contributed by atoms with Crippen molar-refractivity contribution in [3.8, 4) is 5.75 Å². The number of carbonyl (C=O) groups is 1. The number of hydrogen-bond acceptors (Lipinski definition) is 4. The Labute approximate surface area is 165 Å². The highest BCUT2D eigenvalue weighted by Crippen LogP contribution is 2.41. The lowest BCUT2D eigenvalue weighted by molar-refractivity contribution is -0.146. The summed E-state index contributed by atoms with van der Waals surface area (Å²) in [6, 6.07) is 10.6. The highest BCUT2D eigenvalue weighted by Gasteiger charge is 2.48. The minimum Gasteiger partial charge on any atom is -0.497 e. The van der Waals surface area contributed by atoms with Gasteiger partial charge >= 0.3 is 0 Å². The number of carbonyl (C=O) groups excluding carboxylic acids is 1. The molecule has 1 unspecified atom stereocenters. The maximum Gasteiger partial charge on any atom is 0.230 e. The Morgan fingerprint density at radius 2 is 2.07 bits per heavy atom. The van der Waals surface area contributed by atoms with Crippen LogP contribution < -0.4 is 4.74 Å². The Morgan fingerprint density at radius 1 is 1.18 bits per heavy atom. The van der Waals surface area contributed by atoms with Crippen LogP contribution in [-0.2, 0) is 17.9 Å². The fourth-order valence-corrected chi connectivity index (χ4v) is 4.50. The first kappa shape index (κ1) is 18.9. The molecule has 2 aliphatic rings.